The van der Waals surface area contributed by atoms with Crippen LogP contribution in [0.5, 0.6) is 0 Å². The van der Waals surface area contributed by atoms with E-state index in [2.05, 4.69) is 22.0 Å². The standard InChI is InChI=1S/C23H30N2O3/c1-16(28-3)15-24-22(27)14-19-17(2)25(13-12-18-8-5-4-6-9-18)20-10-7-11-21(26)23(19)20/h4-6,8-9,16H,7,10-15H2,1-3H3,(H,24,27). The van der Waals surface area contributed by atoms with Gasteiger partial charge >= 0.3 is 0 Å². The molecule has 0 spiro atoms. The fourth-order valence-corrected chi connectivity index (χ4v) is 3.95. The highest BCUT2D eigenvalue weighted by molar-refractivity contribution is 6.01. The highest BCUT2D eigenvalue weighted by Crippen LogP contribution is 2.30. The molecule has 0 bridgehead atoms. The van der Waals surface area contributed by atoms with E-state index in [4.69, 9.17) is 4.74 Å². The molecule has 2 aromatic rings. The van der Waals surface area contributed by atoms with Gasteiger partial charge < -0.3 is 14.6 Å². The number of benzene rings is 1. The molecule has 1 aromatic heterocycles. The summed E-state index contributed by atoms with van der Waals surface area (Å²) >= 11 is 0. The number of fused-ring (bicyclic) bond motifs is 1. The van der Waals surface area contributed by atoms with E-state index in [0.29, 0.717) is 13.0 Å². The van der Waals surface area contributed by atoms with Gasteiger partial charge in [0.2, 0.25) is 5.91 Å². The van der Waals surface area contributed by atoms with Gasteiger partial charge in [0.15, 0.2) is 5.78 Å². The Morgan fingerprint density at radius 3 is 2.71 bits per heavy atom. The summed E-state index contributed by atoms with van der Waals surface area (Å²) in [6, 6.07) is 10.4. The number of aromatic nitrogens is 1. The number of rotatable bonds is 8. The maximum absolute atomic E-state index is 12.7. The van der Waals surface area contributed by atoms with Crippen molar-refractivity contribution in [2.45, 2.75) is 58.6 Å². The van der Waals surface area contributed by atoms with Crippen molar-refractivity contribution in [1.82, 2.24) is 9.88 Å². The fraction of sp³-hybridized carbons (Fsp3) is 0.478. The molecule has 3 rings (SSSR count). The normalized spacial score (nSPS) is 14.6. The van der Waals surface area contributed by atoms with E-state index in [-0.39, 0.29) is 24.2 Å². The number of aryl methyl sites for hydroxylation is 1. The summed E-state index contributed by atoms with van der Waals surface area (Å²) in [6.07, 6.45) is 3.49. The summed E-state index contributed by atoms with van der Waals surface area (Å²) in [6.45, 7) is 5.25. The third-order valence-corrected chi connectivity index (χ3v) is 5.65. The number of nitrogens with zero attached hydrogens (tertiary/aromatic N) is 1. The van der Waals surface area contributed by atoms with Crippen LogP contribution in [0, 0.1) is 6.92 Å². The second-order valence-corrected chi connectivity index (χ2v) is 7.58. The van der Waals surface area contributed by atoms with Crippen LogP contribution in [0.3, 0.4) is 0 Å². The SMILES string of the molecule is COC(C)CNC(=O)Cc1c2c(n(CCc3ccccc3)c1C)CCCC2=O. The number of carbonyl (C=O) groups excluding carboxylic acids is 2. The highest BCUT2D eigenvalue weighted by atomic mass is 16.5. The first-order valence-electron chi connectivity index (χ1n) is 10.1. The van der Waals surface area contributed by atoms with Crippen molar-refractivity contribution >= 4 is 11.7 Å². The first-order chi connectivity index (χ1) is 13.5. The summed E-state index contributed by atoms with van der Waals surface area (Å²) in [5, 5.41) is 2.91. The maximum Gasteiger partial charge on any atom is 0.224 e. The number of ketones is 1. The molecule has 1 atom stereocenters. The molecule has 1 unspecified atom stereocenters. The molecule has 0 aliphatic heterocycles. The van der Waals surface area contributed by atoms with E-state index in [1.807, 2.05) is 32.0 Å². The molecule has 1 aliphatic carbocycles. The van der Waals surface area contributed by atoms with Crippen LogP contribution in [0.1, 0.15) is 52.6 Å². The van der Waals surface area contributed by atoms with Gasteiger partial charge in [-0.25, -0.2) is 0 Å². The van der Waals surface area contributed by atoms with Gasteiger partial charge in [-0.05, 0) is 44.2 Å². The van der Waals surface area contributed by atoms with Crippen LogP contribution in [0.2, 0.25) is 0 Å². The minimum absolute atomic E-state index is 0.0314. The number of hydrogen-bond acceptors (Lipinski definition) is 3. The average Bonchev–Trinajstić information content (AvgIpc) is 2.97. The summed E-state index contributed by atoms with van der Waals surface area (Å²) in [5.74, 6) is 0.115. The van der Waals surface area contributed by atoms with Gasteiger partial charge in [0, 0.05) is 43.6 Å². The predicted octanol–water partition coefficient (Wildman–Crippen LogP) is 3.25. The molecule has 1 N–H and O–H groups in total. The van der Waals surface area contributed by atoms with Crippen LogP contribution in [0.25, 0.3) is 0 Å². The Hall–Kier alpha value is -2.40. The lowest BCUT2D eigenvalue weighted by Gasteiger charge is -2.16. The van der Waals surface area contributed by atoms with Crippen LogP contribution in [0.15, 0.2) is 30.3 Å². The Balaban J connectivity index is 1.82. The highest BCUT2D eigenvalue weighted by Gasteiger charge is 2.28. The molecule has 1 aromatic carbocycles. The zero-order chi connectivity index (χ0) is 20.1. The molecule has 5 nitrogen and oxygen atoms in total. The Kier molecular flexibility index (Phi) is 6.68. The van der Waals surface area contributed by atoms with Crippen LogP contribution in [-0.4, -0.2) is 36.0 Å². The molecule has 0 radical (unpaired) electrons. The summed E-state index contributed by atoms with van der Waals surface area (Å²) in [7, 11) is 1.63. The van der Waals surface area contributed by atoms with Crippen LogP contribution in [-0.2, 0) is 35.3 Å². The van der Waals surface area contributed by atoms with Crippen molar-refractivity contribution in [3.8, 4) is 0 Å². The Labute approximate surface area is 167 Å². The quantitative estimate of drug-likeness (QED) is 0.762. The lowest BCUT2D eigenvalue weighted by molar-refractivity contribution is -0.120. The molecule has 0 saturated heterocycles. The number of nitrogens with one attached hydrogen (secondary N) is 1. The Bertz CT molecular complexity index is 839. The molecule has 1 amide bonds. The van der Waals surface area contributed by atoms with E-state index < -0.39 is 0 Å². The number of amides is 1. The van der Waals surface area contributed by atoms with Gasteiger partial charge in [0.05, 0.1) is 12.5 Å². The first-order valence-corrected chi connectivity index (χ1v) is 10.1. The third-order valence-electron chi connectivity index (χ3n) is 5.65. The molecular formula is C23H30N2O3. The molecule has 0 fully saturated rings. The average molecular weight is 383 g/mol. The van der Waals surface area contributed by atoms with Crippen molar-refractivity contribution in [1.29, 1.82) is 0 Å². The maximum atomic E-state index is 12.7. The van der Waals surface area contributed by atoms with Crippen molar-refractivity contribution in [3.63, 3.8) is 0 Å². The second-order valence-electron chi connectivity index (χ2n) is 7.58. The molecule has 5 heteroatoms. The second kappa shape index (κ2) is 9.20. The lowest BCUT2D eigenvalue weighted by Crippen LogP contribution is -2.33. The van der Waals surface area contributed by atoms with Gasteiger partial charge in [0.1, 0.15) is 0 Å². The molecule has 150 valence electrons. The third kappa shape index (κ3) is 4.53. The number of methoxy groups -OCH3 is 1. The van der Waals surface area contributed by atoms with Crippen molar-refractivity contribution in [3.05, 3.63) is 58.4 Å². The van der Waals surface area contributed by atoms with Crippen LogP contribution in [0.4, 0.5) is 0 Å². The van der Waals surface area contributed by atoms with Gasteiger partial charge in [0.25, 0.3) is 0 Å². The minimum atomic E-state index is -0.0617. The van der Waals surface area contributed by atoms with E-state index in [0.717, 1.165) is 48.3 Å². The smallest absolute Gasteiger partial charge is 0.224 e. The van der Waals surface area contributed by atoms with E-state index in [1.54, 1.807) is 7.11 Å². The number of ether oxygens (including phenoxy) is 1. The van der Waals surface area contributed by atoms with Crippen LogP contribution < -0.4 is 5.32 Å². The predicted molar refractivity (Wildman–Crippen MR) is 110 cm³/mol. The largest absolute Gasteiger partial charge is 0.380 e. The van der Waals surface area contributed by atoms with Gasteiger partial charge in [-0.2, -0.15) is 0 Å². The van der Waals surface area contributed by atoms with E-state index >= 15 is 0 Å². The topological polar surface area (TPSA) is 60.3 Å². The Morgan fingerprint density at radius 2 is 2.00 bits per heavy atom. The van der Waals surface area contributed by atoms with E-state index in [1.165, 1.54) is 5.56 Å². The van der Waals surface area contributed by atoms with E-state index in [9.17, 15) is 9.59 Å². The van der Waals surface area contributed by atoms with Crippen molar-refractivity contribution in [2.24, 2.45) is 0 Å². The zero-order valence-corrected chi connectivity index (χ0v) is 17.1. The lowest BCUT2D eigenvalue weighted by atomic mass is 9.92. The zero-order valence-electron chi connectivity index (χ0n) is 17.1. The van der Waals surface area contributed by atoms with Gasteiger partial charge in [-0.1, -0.05) is 30.3 Å². The number of carbonyl (C=O) groups is 2. The van der Waals surface area contributed by atoms with Crippen molar-refractivity contribution < 1.29 is 14.3 Å². The summed E-state index contributed by atoms with van der Waals surface area (Å²) in [4.78, 5) is 25.2. The number of hydrogen-bond donors (Lipinski definition) is 1. The summed E-state index contributed by atoms with van der Waals surface area (Å²) in [5.41, 5.74) is 5.13. The first kappa shape index (κ1) is 20.3. The molecule has 0 saturated carbocycles. The molecule has 1 heterocycles. The number of Topliss-reactive ketones (excluding diaryl/α,β-unsaturated/α-hetero) is 1. The summed E-state index contributed by atoms with van der Waals surface area (Å²) < 4.78 is 7.45. The van der Waals surface area contributed by atoms with Crippen molar-refractivity contribution in [2.75, 3.05) is 13.7 Å². The monoisotopic (exact) mass is 382 g/mol. The fourth-order valence-electron chi connectivity index (χ4n) is 3.95. The molecule has 28 heavy (non-hydrogen) atoms. The van der Waals surface area contributed by atoms with Crippen LogP contribution >= 0.6 is 0 Å². The van der Waals surface area contributed by atoms with Gasteiger partial charge in [-0.15, -0.1) is 0 Å². The van der Waals surface area contributed by atoms with Gasteiger partial charge in [-0.3, -0.25) is 9.59 Å². The Morgan fingerprint density at radius 1 is 1.25 bits per heavy atom. The molecule has 1 aliphatic rings. The minimum Gasteiger partial charge on any atom is -0.380 e. The molecular weight excluding hydrogens is 352 g/mol.